The van der Waals surface area contributed by atoms with Crippen molar-refractivity contribution in [3.63, 3.8) is 0 Å². The maximum Gasteiger partial charge on any atom is 0.224 e. The number of nitriles is 1. The lowest BCUT2D eigenvalue weighted by molar-refractivity contribution is 0.147. The summed E-state index contributed by atoms with van der Waals surface area (Å²) in [6, 6.07) is 2.00. The zero-order valence-corrected chi connectivity index (χ0v) is 9.79. The number of ether oxygens (including phenoxy) is 1. The van der Waals surface area contributed by atoms with Crippen LogP contribution in [0.1, 0.15) is 18.9 Å². The molecule has 0 saturated heterocycles. The van der Waals surface area contributed by atoms with Crippen molar-refractivity contribution in [2.45, 2.75) is 13.3 Å². The van der Waals surface area contributed by atoms with E-state index in [0.717, 1.165) is 6.42 Å². The normalized spacial score (nSPS) is 9.81. The molecule has 0 aliphatic heterocycles. The van der Waals surface area contributed by atoms with Crippen molar-refractivity contribution in [1.82, 2.24) is 9.97 Å². The van der Waals surface area contributed by atoms with Gasteiger partial charge in [0.2, 0.25) is 5.28 Å². The maximum atomic E-state index is 8.81. The minimum atomic E-state index is 0.131. The van der Waals surface area contributed by atoms with E-state index in [2.05, 4.69) is 15.3 Å². The lowest BCUT2D eigenvalue weighted by Crippen LogP contribution is -2.08. The molecule has 1 N–H and O–H groups in total. The van der Waals surface area contributed by atoms with Gasteiger partial charge in [-0.1, -0.05) is 0 Å². The quantitative estimate of drug-likeness (QED) is 0.607. The molecular formula is C10H13ClN4O. The smallest absolute Gasteiger partial charge is 0.224 e. The number of hydrogen-bond acceptors (Lipinski definition) is 5. The Balaban J connectivity index is 2.46. The predicted molar refractivity (Wildman–Crippen MR) is 61.4 cm³/mol. The van der Waals surface area contributed by atoms with Crippen molar-refractivity contribution in [2.75, 3.05) is 25.1 Å². The highest BCUT2D eigenvalue weighted by Crippen LogP contribution is 2.12. The van der Waals surface area contributed by atoms with E-state index in [-0.39, 0.29) is 5.28 Å². The van der Waals surface area contributed by atoms with Crippen LogP contribution in [0.2, 0.25) is 5.28 Å². The van der Waals surface area contributed by atoms with Gasteiger partial charge in [-0.15, -0.1) is 0 Å². The first-order valence-electron chi connectivity index (χ1n) is 5.02. The second kappa shape index (κ2) is 6.99. The number of nitrogens with one attached hydrogen (secondary N) is 1. The Morgan fingerprint density at radius 1 is 1.62 bits per heavy atom. The molecule has 86 valence electrons. The summed E-state index contributed by atoms with van der Waals surface area (Å²) < 4.78 is 5.19. The first kappa shape index (κ1) is 12.7. The number of halogens is 1. The van der Waals surface area contributed by atoms with E-state index in [4.69, 9.17) is 21.6 Å². The summed E-state index contributed by atoms with van der Waals surface area (Å²) in [7, 11) is 0. The molecule has 0 saturated carbocycles. The molecule has 1 aromatic rings. The molecular weight excluding hydrogens is 228 g/mol. The number of rotatable bonds is 6. The molecule has 5 nitrogen and oxygen atoms in total. The Hall–Kier alpha value is -1.38. The van der Waals surface area contributed by atoms with Crippen LogP contribution in [-0.2, 0) is 4.74 Å². The first-order valence-corrected chi connectivity index (χ1v) is 5.40. The molecule has 0 atom stereocenters. The molecule has 1 aromatic heterocycles. The SMILES string of the molecule is CCOCCCNc1nc(Cl)ncc1C#N. The Labute approximate surface area is 99.4 Å². The summed E-state index contributed by atoms with van der Waals surface area (Å²) >= 11 is 5.64. The van der Waals surface area contributed by atoms with E-state index in [9.17, 15) is 0 Å². The molecule has 0 spiro atoms. The van der Waals surface area contributed by atoms with Gasteiger partial charge >= 0.3 is 0 Å². The lowest BCUT2D eigenvalue weighted by Gasteiger charge is -2.06. The van der Waals surface area contributed by atoms with E-state index in [0.29, 0.717) is 31.1 Å². The van der Waals surface area contributed by atoms with Gasteiger partial charge in [0.1, 0.15) is 17.5 Å². The van der Waals surface area contributed by atoms with Gasteiger partial charge in [-0.3, -0.25) is 0 Å². The number of hydrogen-bond donors (Lipinski definition) is 1. The second-order valence-corrected chi connectivity index (χ2v) is 3.33. The van der Waals surface area contributed by atoms with E-state index in [1.165, 1.54) is 6.20 Å². The highest BCUT2D eigenvalue weighted by Gasteiger charge is 2.04. The molecule has 6 heteroatoms. The zero-order chi connectivity index (χ0) is 11.8. The van der Waals surface area contributed by atoms with Crippen LogP contribution in [0.25, 0.3) is 0 Å². The van der Waals surface area contributed by atoms with E-state index in [1.807, 2.05) is 13.0 Å². The van der Waals surface area contributed by atoms with Crippen LogP contribution in [0.5, 0.6) is 0 Å². The third-order valence-corrected chi connectivity index (χ3v) is 2.02. The minimum Gasteiger partial charge on any atom is -0.382 e. The molecule has 0 fully saturated rings. The van der Waals surface area contributed by atoms with E-state index < -0.39 is 0 Å². The monoisotopic (exact) mass is 240 g/mol. The number of aromatic nitrogens is 2. The topological polar surface area (TPSA) is 70.8 Å². The Kier molecular flexibility index (Phi) is 5.54. The summed E-state index contributed by atoms with van der Waals surface area (Å²) in [5.41, 5.74) is 0.390. The van der Waals surface area contributed by atoms with Crippen molar-refractivity contribution in [1.29, 1.82) is 5.26 Å². The summed E-state index contributed by atoms with van der Waals surface area (Å²) in [5, 5.41) is 12.0. The van der Waals surface area contributed by atoms with Crippen molar-refractivity contribution in [2.24, 2.45) is 0 Å². The molecule has 1 rings (SSSR count). The van der Waals surface area contributed by atoms with Crippen LogP contribution >= 0.6 is 11.6 Å². The van der Waals surface area contributed by atoms with Crippen LogP contribution in [0.4, 0.5) is 5.82 Å². The van der Waals surface area contributed by atoms with Gasteiger partial charge in [0.15, 0.2) is 0 Å². The number of anilines is 1. The van der Waals surface area contributed by atoms with Crippen LogP contribution in [-0.4, -0.2) is 29.7 Å². The predicted octanol–water partition coefficient (Wildman–Crippen LogP) is 1.84. The molecule has 16 heavy (non-hydrogen) atoms. The lowest BCUT2D eigenvalue weighted by atomic mass is 10.3. The molecule has 0 radical (unpaired) electrons. The summed E-state index contributed by atoms with van der Waals surface area (Å²) in [5.74, 6) is 0.471. The second-order valence-electron chi connectivity index (χ2n) is 2.99. The van der Waals surface area contributed by atoms with Crippen molar-refractivity contribution in [3.05, 3.63) is 17.0 Å². The Morgan fingerprint density at radius 2 is 2.44 bits per heavy atom. The third-order valence-electron chi connectivity index (χ3n) is 1.84. The Morgan fingerprint density at radius 3 is 3.12 bits per heavy atom. The molecule has 0 amide bonds. The van der Waals surface area contributed by atoms with Gasteiger partial charge in [-0.2, -0.15) is 10.2 Å². The summed E-state index contributed by atoms with van der Waals surface area (Å²) in [6.45, 7) is 4.03. The van der Waals surface area contributed by atoms with Gasteiger partial charge in [0.25, 0.3) is 0 Å². The molecule has 0 aliphatic carbocycles. The Bertz CT molecular complexity index is 378. The molecule has 0 aliphatic rings. The molecule has 0 bridgehead atoms. The fourth-order valence-electron chi connectivity index (χ4n) is 1.10. The molecule has 0 aromatic carbocycles. The van der Waals surface area contributed by atoms with E-state index >= 15 is 0 Å². The van der Waals surface area contributed by atoms with Gasteiger partial charge in [-0.05, 0) is 24.9 Å². The van der Waals surface area contributed by atoms with Crippen molar-refractivity contribution < 1.29 is 4.74 Å². The summed E-state index contributed by atoms with van der Waals surface area (Å²) in [6.07, 6.45) is 2.25. The first-order chi connectivity index (χ1) is 7.77. The van der Waals surface area contributed by atoms with Crippen LogP contribution in [0, 0.1) is 11.3 Å². The minimum absolute atomic E-state index is 0.131. The zero-order valence-electron chi connectivity index (χ0n) is 9.03. The van der Waals surface area contributed by atoms with Crippen LogP contribution in [0.3, 0.4) is 0 Å². The fraction of sp³-hybridized carbons (Fsp3) is 0.500. The van der Waals surface area contributed by atoms with Gasteiger partial charge in [0.05, 0.1) is 6.20 Å². The van der Waals surface area contributed by atoms with Gasteiger partial charge in [0, 0.05) is 19.8 Å². The maximum absolute atomic E-state index is 8.81. The largest absolute Gasteiger partial charge is 0.382 e. The standard InChI is InChI=1S/C10H13ClN4O/c1-2-16-5-3-4-13-9-8(6-12)7-14-10(11)15-9/h7H,2-5H2,1H3,(H,13,14,15). The third kappa shape index (κ3) is 4.01. The molecule has 1 heterocycles. The average Bonchev–Trinajstić information content (AvgIpc) is 2.29. The summed E-state index contributed by atoms with van der Waals surface area (Å²) in [4.78, 5) is 7.68. The highest BCUT2D eigenvalue weighted by molar-refractivity contribution is 6.28. The van der Waals surface area contributed by atoms with Crippen molar-refractivity contribution >= 4 is 17.4 Å². The fourth-order valence-corrected chi connectivity index (χ4v) is 1.24. The number of nitrogens with zero attached hydrogens (tertiary/aromatic N) is 3. The van der Waals surface area contributed by atoms with Gasteiger partial charge < -0.3 is 10.1 Å². The van der Waals surface area contributed by atoms with Crippen LogP contribution < -0.4 is 5.32 Å². The molecule has 0 unspecified atom stereocenters. The van der Waals surface area contributed by atoms with Crippen molar-refractivity contribution in [3.8, 4) is 6.07 Å². The van der Waals surface area contributed by atoms with Crippen LogP contribution in [0.15, 0.2) is 6.20 Å². The highest BCUT2D eigenvalue weighted by atomic mass is 35.5. The average molecular weight is 241 g/mol. The van der Waals surface area contributed by atoms with Gasteiger partial charge in [-0.25, -0.2) is 4.98 Å². The van der Waals surface area contributed by atoms with E-state index in [1.54, 1.807) is 0 Å².